The van der Waals surface area contributed by atoms with Crippen molar-refractivity contribution in [1.29, 1.82) is 0 Å². The zero-order chi connectivity index (χ0) is 10.4. The van der Waals surface area contributed by atoms with E-state index in [0.717, 1.165) is 11.1 Å². The van der Waals surface area contributed by atoms with Crippen molar-refractivity contribution in [2.75, 3.05) is 0 Å². The van der Waals surface area contributed by atoms with Crippen LogP contribution in [0.15, 0.2) is 24.3 Å². The van der Waals surface area contributed by atoms with Crippen LogP contribution in [0.2, 0.25) is 0 Å². The molecule has 0 aromatic heterocycles. The van der Waals surface area contributed by atoms with Crippen LogP contribution in [0.1, 0.15) is 25.0 Å². The second-order valence-electron chi connectivity index (χ2n) is 3.49. The van der Waals surface area contributed by atoms with Crippen molar-refractivity contribution in [1.82, 2.24) is 0 Å². The maximum atomic E-state index is 5.49. The van der Waals surface area contributed by atoms with E-state index in [1.54, 1.807) is 0 Å². The number of hydrogen-bond donors (Lipinski definition) is 1. The van der Waals surface area contributed by atoms with Gasteiger partial charge in [-0.05, 0) is 25.0 Å². The molecule has 1 aromatic rings. The lowest BCUT2D eigenvalue weighted by molar-refractivity contribution is 0.0655. The molecular formula is C11H17NO2. The quantitative estimate of drug-likeness (QED) is 0.731. The molecule has 3 heteroatoms. The average Bonchev–Trinajstić information content (AvgIpc) is 2.16. The summed E-state index contributed by atoms with van der Waals surface area (Å²) < 4.78 is 5.49. The third-order valence-electron chi connectivity index (χ3n) is 1.82. The van der Waals surface area contributed by atoms with Crippen molar-refractivity contribution >= 4 is 0 Å². The van der Waals surface area contributed by atoms with Gasteiger partial charge < -0.3 is 4.74 Å². The van der Waals surface area contributed by atoms with Gasteiger partial charge >= 0.3 is 0 Å². The van der Waals surface area contributed by atoms with E-state index in [9.17, 15) is 0 Å². The normalized spacial score (nSPS) is 10.9. The second-order valence-corrected chi connectivity index (χ2v) is 3.49. The largest absolute Gasteiger partial charge is 0.374 e. The standard InChI is InChI=1S/C11H17NO2/c1-9(2)13-7-10-4-3-5-11(6-10)8-14-12/h3-6,9H,7-8,12H2,1-2H3. The van der Waals surface area contributed by atoms with Crippen LogP contribution in [0.25, 0.3) is 0 Å². The third-order valence-corrected chi connectivity index (χ3v) is 1.82. The molecule has 78 valence electrons. The molecule has 0 spiro atoms. The monoisotopic (exact) mass is 195 g/mol. The van der Waals surface area contributed by atoms with Crippen LogP contribution < -0.4 is 5.90 Å². The number of ether oxygens (including phenoxy) is 1. The number of rotatable bonds is 5. The lowest BCUT2D eigenvalue weighted by Crippen LogP contribution is -2.03. The van der Waals surface area contributed by atoms with Crippen molar-refractivity contribution < 1.29 is 9.57 Å². The van der Waals surface area contributed by atoms with Crippen molar-refractivity contribution in [2.24, 2.45) is 5.90 Å². The lowest BCUT2D eigenvalue weighted by atomic mass is 10.1. The minimum Gasteiger partial charge on any atom is -0.374 e. The zero-order valence-electron chi connectivity index (χ0n) is 8.69. The predicted octanol–water partition coefficient (Wildman–Crippen LogP) is 2.00. The van der Waals surface area contributed by atoms with Gasteiger partial charge in [0.2, 0.25) is 0 Å². The molecule has 0 aliphatic heterocycles. The molecule has 0 saturated heterocycles. The Morgan fingerprint density at radius 3 is 2.43 bits per heavy atom. The summed E-state index contributed by atoms with van der Waals surface area (Å²) in [6.45, 7) is 5.12. The molecule has 0 atom stereocenters. The molecule has 14 heavy (non-hydrogen) atoms. The Labute approximate surface area is 84.8 Å². The summed E-state index contributed by atoms with van der Waals surface area (Å²) in [6, 6.07) is 8.02. The molecule has 0 bridgehead atoms. The van der Waals surface area contributed by atoms with E-state index < -0.39 is 0 Å². The van der Waals surface area contributed by atoms with Gasteiger partial charge in [0, 0.05) is 0 Å². The molecule has 0 unspecified atom stereocenters. The fourth-order valence-corrected chi connectivity index (χ4v) is 1.17. The van der Waals surface area contributed by atoms with E-state index >= 15 is 0 Å². The van der Waals surface area contributed by atoms with Crippen LogP contribution in [0, 0.1) is 0 Å². The molecule has 0 heterocycles. The topological polar surface area (TPSA) is 44.5 Å². The Balaban J connectivity index is 2.54. The van der Waals surface area contributed by atoms with Gasteiger partial charge in [0.1, 0.15) is 0 Å². The highest BCUT2D eigenvalue weighted by molar-refractivity contribution is 5.22. The third kappa shape index (κ3) is 3.87. The summed E-state index contributed by atoms with van der Waals surface area (Å²) in [5.74, 6) is 5.00. The van der Waals surface area contributed by atoms with Crippen molar-refractivity contribution in [3.05, 3.63) is 35.4 Å². The Bertz CT molecular complexity index is 274. The van der Waals surface area contributed by atoms with Crippen LogP contribution in [0.5, 0.6) is 0 Å². The summed E-state index contributed by atoms with van der Waals surface area (Å²) in [5, 5.41) is 0. The highest BCUT2D eigenvalue weighted by atomic mass is 16.6. The van der Waals surface area contributed by atoms with Gasteiger partial charge in [-0.15, -0.1) is 0 Å². The first kappa shape index (κ1) is 11.2. The van der Waals surface area contributed by atoms with Gasteiger partial charge in [-0.25, -0.2) is 5.90 Å². The van der Waals surface area contributed by atoms with Crippen LogP contribution >= 0.6 is 0 Å². The summed E-state index contributed by atoms with van der Waals surface area (Å²) in [7, 11) is 0. The van der Waals surface area contributed by atoms with Gasteiger partial charge in [0.25, 0.3) is 0 Å². The van der Waals surface area contributed by atoms with Gasteiger partial charge in [-0.2, -0.15) is 0 Å². The fourth-order valence-electron chi connectivity index (χ4n) is 1.17. The van der Waals surface area contributed by atoms with Crippen LogP contribution in [-0.2, 0) is 22.8 Å². The molecule has 0 fully saturated rings. The van der Waals surface area contributed by atoms with Crippen molar-refractivity contribution in [2.45, 2.75) is 33.2 Å². The first-order valence-electron chi connectivity index (χ1n) is 4.73. The van der Waals surface area contributed by atoms with Gasteiger partial charge in [0.15, 0.2) is 0 Å². The second kappa shape index (κ2) is 5.75. The molecule has 1 aromatic carbocycles. The first-order valence-corrected chi connectivity index (χ1v) is 4.73. The highest BCUT2D eigenvalue weighted by Gasteiger charge is 1.98. The zero-order valence-corrected chi connectivity index (χ0v) is 8.69. The van der Waals surface area contributed by atoms with Crippen LogP contribution in [-0.4, -0.2) is 6.10 Å². The van der Waals surface area contributed by atoms with E-state index in [4.69, 9.17) is 10.6 Å². The van der Waals surface area contributed by atoms with E-state index in [2.05, 4.69) is 4.84 Å². The molecule has 3 nitrogen and oxygen atoms in total. The van der Waals surface area contributed by atoms with E-state index in [1.165, 1.54) is 0 Å². The molecule has 0 aliphatic carbocycles. The molecule has 0 saturated carbocycles. The minimum atomic E-state index is 0.254. The Morgan fingerprint density at radius 1 is 1.21 bits per heavy atom. The highest BCUT2D eigenvalue weighted by Crippen LogP contribution is 2.08. The molecule has 1 rings (SSSR count). The Kier molecular flexibility index (Phi) is 4.59. The number of hydrogen-bond acceptors (Lipinski definition) is 3. The Hall–Kier alpha value is -0.900. The maximum Gasteiger partial charge on any atom is 0.0930 e. The van der Waals surface area contributed by atoms with E-state index in [1.807, 2.05) is 38.1 Å². The molecular weight excluding hydrogens is 178 g/mol. The first-order chi connectivity index (χ1) is 6.72. The van der Waals surface area contributed by atoms with Gasteiger partial charge in [-0.3, -0.25) is 4.84 Å². The molecule has 2 N–H and O–H groups in total. The molecule has 0 radical (unpaired) electrons. The van der Waals surface area contributed by atoms with E-state index in [0.29, 0.717) is 13.2 Å². The number of nitrogens with two attached hydrogens (primary N) is 1. The van der Waals surface area contributed by atoms with Crippen molar-refractivity contribution in [3.8, 4) is 0 Å². The predicted molar refractivity (Wildman–Crippen MR) is 55.3 cm³/mol. The Morgan fingerprint density at radius 2 is 1.86 bits per heavy atom. The van der Waals surface area contributed by atoms with Gasteiger partial charge in [-0.1, -0.05) is 24.3 Å². The number of benzene rings is 1. The molecule has 0 amide bonds. The molecule has 0 aliphatic rings. The smallest absolute Gasteiger partial charge is 0.0930 e. The fraction of sp³-hybridized carbons (Fsp3) is 0.455. The lowest BCUT2D eigenvalue weighted by Gasteiger charge is -2.08. The van der Waals surface area contributed by atoms with E-state index in [-0.39, 0.29) is 6.10 Å². The summed E-state index contributed by atoms with van der Waals surface area (Å²) in [4.78, 5) is 4.57. The van der Waals surface area contributed by atoms with Crippen LogP contribution in [0.4, 0.5) is 0 Å². The average molecular weight is 195 g/mol. The van der Waals surface area contributed by atoms with Crippen molar-refractivity contribution in [3.63, 3.8) is 0 Å². The maximum absolute atomic E-state index is 5.49. The SMILES string of the molecule is CC(C)OCc1cccc(CON)c1. The van der Waals surface area contributed by atoms with Gasteiger partial charge in [0.05, 0.1) is 19.3 Å². The minimum absolute atomic E-state index is 0.254. The van der Waals surface area contributed by atoms with Crippen LogP contribution in [0.3, 0.4) is 0 Å². The summed E-state index contributed by atoms with van der Waals surface area (Å²) >= 11 is 0. The summed E-state index contributed by atoms with van der Waals surface area (Å²) in [5.41, 5.74) is 2.21. The summed E-state index contributed by atoms with van der Waals surface area (Å²) in [6.07, 6.45) is 0.254.